The van der Waals surface area contributed by atoms with Gasteiger partial charge in [0.1, 0.15) is 11.6 Å². The van der Waals surface area contributed by atoms with Crippen molar-refractivity contribution in [2.24, 2.45) is 0 Å². The molecule has 0 bridgehead atoms. The van der Waals surface area contributed by atoms with Crippen LogP contribution in [-0.4, -0.2) is 24.5 Å². The molecule has 1 aliphatic carbocycles. The molecule has 0 fully saturated rings. The van der Waals surface area contributed by atoms with Crippen molar-refractivity contribution in [1.29, 1.82) is 0 Å². The van der Waals surface area contributed by atoms with E-state index in [1.54, 1.807) is 35.2 Å². The number of fused-ring (bicyclic) bond motifs is 1. The van der Waals surface area contributed by atoms with Crippen molar-refractivity contribution in [2.75, 3.05) is 0 Å². The number of rotatable bonds is 7. The fourth-order valence-electron chi connectivity index (χ4n) is 3.96. The van der Waals surface area contributed by atoms with Crippen LogP contribution in [-0.2, 0) is 31.6 Å². The molecule has 0 saturated carbocycles. The lowest BCUT2D eigenvalue weighted by molar-refractivity contribution is 0.621. The molecule has 3 aromatic heterocycles. The Bertz CT molecular complexity index is 1150. The predicted molar refractivity (Wildman–Crippen MR) is 118 cm³/mol. The van der Waals surface area contributed by atoms with E-state index in [9.17, 15) is 4.39 Å². The second kappa shape index (κ2) is 8.35. The van der Waals surface area contributed by atoms with E-state index < -0.39 is 0 Å². The summed E-state index contributed by atoms with van der Waals surface area (Å²) in [6, 6.07) is 10.8. The fourth-order valence-corrected chi connectivity index (χ4v) is 5.63. The molecular formula is C22H22FN5S2. The molecule has 0 aliphatic heterocycles. The Balaban J connectivity index is 1.35. The smallest absolute Gasteiger partial charge is 0.191 e. The van der Waals surface area contributed by atoms with Gasteiger partial charge in [0.05, 0.1) is 11.4 Å². The van der Waals surface area contributed by atoms with E-state index in [4.69, 9.17) is 5.10 Å². The van der Waals surface area contributed by atoms with Crippen LogP contribution in [0.5, 0.6) is 0 Å². The van der Waals surface area contributed by atoms with Gasteiger partial charge in [-0.3, -0.25) is 0 Å². The lowest BCUT2D eigenvalue weighted by Crippen LogP contribution is -2.05. The number of hydrogen-bond acceptors (Lipinski definition) is 5. The average Bonchev–Trinajstić information content (AvgIpc) is 3.52. The van der Waals surface area contributed by atoms with Crippen molar-refractivity contribution in [3.8, 4) is 5.69 Å². The van der Waals surface area contributed by atoms with Gasteiger partial charge in [0.15, 0.2) is 5.16 Å². The van der Waals surface area contributed by atoms with Crippen molar-refractivity contribution < 1.29 is 4.39 Å². The standard InChI is InChI=1S/C22H22FN5S2/c1-15-24-25-22(27(15)12-11-18-4-3-13-29-18)30-14-20-19-5-2-6-21(19)28(26-20)17-9-7-16(23)8-10-17/h3-4,7-10,13H,2,5-6,11-12,14H2,1H3. The molecule has 8 heteroatoms. The Labute approximate surface area is 183 Å². The maximum absolute atomic E-state index is 13.3. The van der Waals surface area contributed by atoms with Crippen LogP contribution in [0.3, 0.4) is 0 Å². The Morgan fingerprint density at radius 1 is 1.13 bits per heavy atom. The lowest BCUT2D eigenvalue weighted by atomic mass is 10.2. The number of nitrogens with zero attached hydrogens (tertiary/aromatic N) is 5. The molecule has 0 radical (unpaired) electrons. The van der Waals surface area contributed by atoms with Crippen LogP contribution >= 0.6 is 23.1 Å². The van der Waals surface area contributed by atoms with Gasteiger partial charge in [-0.05, 0) is 73.9 Å². The van der Waals surface area contributed by atoms with Gasteiger partial charge in [-0.25, -0.2) is 9.07 Å². The van der Waals surface area contributed by atoms with E-state index in [2.05, 4.69) is 32.3 Å². The van der Waals surface area contributed by atoms with Crippen molar-refractivity contribution in [3.63, 3.8) is 0 Å². The van der Waals surface area contributed by atoms with Gasteiger partial charge in [-0.15, -0.1) is 21.5 Å². The van der Waals surface area contributed by atoms with E-state index in [0.717, 1.165) is 60.3 Å². The maximum Gasteiger partial charge on any atom is 0.191 e. The summed E-state index contributed by atoms with van der Waals surface area (Å²) < 4.78 is 17.5. The van der Waals surface area contributed by atoms with E-state index in [-0.39, 0.29) is 5.82 Å². The summed E-state index contributed by atoms with van der Waals surface area (Å²) in [6.07, 6.45) is 4.19. The molecule has 5 nitrogen and oxygen atoms in total. The SMILES string of the molecule is Cc1nnc(SCc2nn(-c3ccc(F)cc3)c3c2CCC3)n1CCc1cccs1. The number of benzene rings is 1. The van der Waals surface area contributed by atoms with Crippen LogP contribution in [0.15, 0.2) is 46.9 Å². The highest BCUT2D eigenvalue weighted by atomic mass is 32.2. The van der Waals surface area contributed by atoms with Crippen LogP contribution in [0.4, 0.5) is 4.39 Å². The molecule has 0 N–H and O–H groups in total. The number of thioether (sulfide) groups is 1. The molecule has 1 aliphatic rings. The molecule has 0 atom stereocenters. The first-order valence-electron chi connectivity index (χ1n) is 10.1. The first-order valence-corrected chi connectivity index (χ1v) is 12.0. The first-order chi connectivity index (χ1) is 14.7. The highest BCUT2D eigenvalue weighted by Gasteiger charge is 2.23. The summed E-state index contributed by atoms with van der Waals surface area (Å²) in [5, 5.41) is 16.6. The Kier molecular flexibility index (Phi) is 5.43. The third-order valence-corrected chi connectivity index (χ3v) is 7.40. The molecule has 4 aromatic rings. The quantitative estimate of drug-likeness (QED) is 0.380. The van der Waals surface area contributed by atoms with Crippen molar-refractivity contribution in [2.45, 2.75) is 50.1 Å². The summed E-state index contributed by atoms with van der Waals surface area (Å²) in [5.41, 5.74) is 4.61. The summed E-state index contributed by atoms with van der Waals surface area (Å²) in [4.78, 5) is 1.37. The average molecular weight is 440 g/mol. The van der Waals surface area contributed by atoms with Crippen LogP contribution in [0, 0.1) is 12.7 Å². The van der Waals surface area contributed by atoms with E-state index in [0.29, 0.717) is 0 Å². The Morgan fingerprint density at radius 3 is 2.80 bits per heavy atom. The fraction of sp³-hybridized carbons (Fsp3) is 0.318. The van der Waals surface area contributed by atoms with E-state index in [1.165, 1.54) is 28.3 Å². The maximum atomic E-state index is 13.3. The molecule has 5 rings (SSSR count). The van der Waals surface area contributed by atoms with Crippen LogP contribution in [0.25, 0.3) is 5.69 Å². The molecule has 0 saturated heterocycles. The third kappa shape index (κ3) is 3.81. The molecular weight excluding hydrogens is 417 g/mol. The van der Waals surface area contributed by atoms with Crippen LogP contribution in [0.2, 0.25) is 0 Å². The summed E-state index contributed by atoms with van der Waals surface area (Å²) in [6.45, 7) is 2.89. The minimum Gasteiger partial charge on any atom is -0.306 e. The second-order valence-electron chi connectivity index (χ2n) is 7.41. The Morgan fingerprint density at radius 2 is 2.00 bits per heavy atom. The van der Waals surface area contributed by atoms with E-state index >= 15 is 0 Å². The van der Waals surface area contributed by atoms with Gasteiger partial charge in [0.2, 0.25) is 0 Å². The zero-order valence-corrected chi connectivity index (χ0v) is 18.3. The van der Waals surface area contributed by atoms with Gasteiger partial charge in [-0.2, -0.15) is 5.10 Å². The molecule has 154 valence electrons. The molecule has 0 unspecified atom stereocenters. The normalized spacial score (nSPS) is 13.1. The van der Waals surface area contributed by atoms with Gasteiger partial charge in [-0.1, -0.05) is 17.8 Å². The van der Waals surface area contributed by atoms with Gasteiger partial charge >= 0.3 is 0 Å². The van der Waals surface area contributed by atoms with Crippen molar-refractivity contribution in [1.82, 2.24) is 24.5 Å². The third-order valence-electron chi connectivity index (χ3n) is 5.49. The molecule has 3 heterocycles. The van der Waals surface area contributed by atoms with Crippen molar-refractivity contribution >= 4 is 23.1 Å². The van der Waals surface area contributed by atoms with Crippen LogP contribution < -0.4 is 0 Å². The number of hydrogen-bond donors (Lipinski definition) is 0. The zero-order valence-electron chi connectivity index (χ0n) is 16.7. The second-order valence-corrected chi connectivity index (χ2v) is 9.39. The van der Waals surface area contributed by atoms with Crippen molar-refractivity contribution in [3.05, 3.63) is 75.2 Å². The largest absolute Gasteiger partial charge is 0.306 e. The first kappa shape index (κ1) is 19.5. The summed E-state index contributed by atoms with van der Waals surface area (Å²) in [7, 11) is 0. The molecule has 0 amide bonds. The van der Waals surface area contributed by atoms with Gasteiger partial charge < -0.3 is 4.57 Å². The lowest BCUT2D eigenvalue weighted by Gasteiger charge is -2.07. The minimum atomic E-state index is -0.226. The number of halogens is 1. The monoisotopic (exact) mass is 439 g/mol. The van der Waals surface area contributed by atoms with Gasteiger partial charge in [0.25, 0.3) is 0 Å². The van der Waals surface area contributed by atoms with Gasteiger partial charge in [0, 0.05) is 22.9 Å². The number of aromatic nitrogens is 5. The Hall–Kier alpha value is -2.45. The molecule has 1 aromatic carbocycles. The zero-order chi connectivity index (χ0) is 20.5. The number of thiophene rings is 1. The summed E-state index contributed by atoms with van der Waals surface area (Å²) in [5.74, 6) is 1.47. The van der Waals surface area contributed by atoms with Crippen LogP contribution in [0.1, 0.15) is 34.1 Å². The summed E-state index contributed by atoms with van der Waals surface area (Å²) >= 11 is 3.48. The number of aryl methyl sites for hydroxylation is 2. The molecule has 0 spiro atoms. The molecule has 30 heavy (non-hydrogen) atoms. The highest BCUT2D eigenvalue weighted by molar-refractivity contribution is 7.98. The minimum absolute atomic E-state index is 0.226. The topological polar surface area (TPSA) is 48.5 Å². The predicted octanol–water partition coefficient (Wildman–Crippen LogP) is 5.00. The van der Waals surface area contributed by atoms with E-state index in [1.807, 2.05) is 11.6 Å². The highest BCUT2D eigenvalue weighted by Crippen LogP contribution is 2.31.